The number of aliphatic hydroxyl groups excluding tert-OH is 1. The Hall–Kier alpha value is -2.00. The van der Waals surface area contributed by atoms with Gasteiger partial charge < -0.3 is 14.6 Å². The third-order valence-corrected chi connectivity index (χ3v) is 10.3. The van der Waals surface area contributed by atoms with Gasteiger partial charge in [0, 0.05) is 28.2 Å². The van der Waals surface area contributed by atoms with E-state index in [9.17, 15) is 5.11 Å². The van der Waals surface area contributed by atoms with Crippen molar-refractivity contribution < 1.29 is 14.6 Å². The minimum Gasteiger partial charge on any atom is -0.496 e. The Morgan fingerprint density at radius 1 is 0.625 bits per heavy atom. The van der Waals surface area contributed by atoms with Crippen molar-refractivity contribution in [3.8, 4) is 11.5 Å². The summed E-state index contributed by atoms with van der Waals surface area (Å²) in [5.41, 5.74) is 7.52. The lowest BCUT2D eigenvalue weighted by Gasteiger charge is -2.35. The number of ether oxygens (including phenoxy) is 2. The summed E-state index contributed by atoms with van der Waals surface area (Å²) in [5.74, 6) is 1.93. The normalized spacial score (nSPS) is 13.9. The zero-order valence-corrected chi connectivity index (χ0v) is 28.4. The molecule has 0 aliphatic heterocycles. The summed E-state index contributed by atoms with van der Waals surface area (Å²) in [6, 6.07) is 9.53. The molecule has 1 N–H and O–H groups in total. The molecule has 0 bridgehead atoms. The maximum atomic E-state index is 9.79. The number of rotatable bonds is 14. The average Bonchev–Trinajstić information content (AvgIpc) is 2.94. The molecule has 0 fully saturated rings. The van der Waals surface area contributed by atoms with Gasteiger partial charge in [-0.05, 0) is 58.5 Å². The van der Waals surface area contributed by atoms with Crippen LogP contribution in [0.2, 0.25) is 0 Å². The number of aliphatic hydroxyl groups is 1. The zero-order valence-electron chi connectivity index (χ0n) is 28.4. The number of methoxy groups -OCH3 is 1. The summed E-state index contributed by atoms with van der Waals surface area (Å²) in [7, 11) is 1.82. The Balaban J connectivity index is 3.09. The van der Waals surface area contributed by atoms with Crippen molar-refractivity contribution in [2.24, 2.45) is 0 Å². The monoisotopic (exact) mass is 552 g/mol. The van der Waals surface area contributed by atoms with Crippen LogP contribution in [0, 0.1) is 0 Å². The maximum Gasteiger partial charge on any atom is 0.126 e. The smallest absolute Gasteiger partial charge is 0.126 e. The van der Waals surface area contributed by atoms with Crippen LogP contribution in [0.25, 0.3) is 0 Å². The fourth-order valence-electron chi connectivity index (χ4n) is 5.23. The summed E-state index contributed by atoms with van der Waals surface area (Å²) >= 11 is 0. The summed E-state index contributed by atoms with van der Waals surface area (Å²) in [4.78, 5) is 0. The third kappa shape index (κ3) is 6.89. The average molecular weight is 553 g/mol. The van der Waals surface area contributed by atoms with Crippen molar-refractivity contribution in [2.75, 3.05) is 20.3 Å². The van der Waals surface area contributed by atoms with Crippen LogP contribution in [-0.2, 0) is 21.7 Å². The van der Waals surface area contributed by atoms with Gasteiger partial charge in [-0.2, -0.15) is 0 Å². The molecule has 2 aromatic carbocycles. The van der Waals surface area contributed by atoms with Crippen LogP contribution in [0.5, 0.6) is 11.5 Å². The first-order valence-corrected chi connectivity index (χ1v) is 15.6. The fourth-order valence-corrected chi connectivity index (χ4v) is 5.23. The van der Waals surface area contributed by atoms with E-state index in [1.54, 1.807) is 0 Å². The highest BCUT2D eigenvalue weighted by molar-refractivity contribution is 5.58. The molecule has 0 heterocycles. The highest BCUT2D eigenvalue weighted by Crippen LogP contribution is 2.49. The summed E-state index contributed by atoms with van der Waals surface area (Å²) in [6.07, 6.45) is 4.11. The SMILES string of the molecule is CCC(C)(C)c1cc(C(C)c2cc(C(C)(C)CC)cc(C(C)(C)CC)c2OCCO)c(OC)c(C(C)(C)CC)c1. The van der Waals surface area contributed by atoms with E-state index in [4.69, 9.17) is 9.47 Å². The molecule has 226 valence electrons. The molecule has 1 unspecified atom stereocenters. The highest BCUT2D eigenvalue weighted by Gasteiger charge is 2.34. The molecule has 0 aromatic heterocycles. The molecule has 0 spiro atoms. The first-order chi connectivity index (χ1) is 18.5. The van der Waals surface area contributed by atoms with Crippen LogP contribution >= 0.6 is 0 Å². The molecule has 0 amide bonds. The molecule has 0 saturated carbocycles. The Kier molecular flexibility index (Phi) is 11.0. The van der Waals surface area contributed by atoms with Crippen molar-refractivity contribution in [2.45, 2.75) is 143 Å². The Morgan fingerprint density at radius 3 is 1.35 bits per heavy atom. The van der Waals surface area contributed by atoms with Gasteiger partial charge in [0.15, 0.2) is 0 Å². The standard InChI is InChI=1S/C37H60O3/c1-15-34(6,7)26-21-28(32(39-14)30(23-26)36(10,11)17-3)25(5)29-22-27(35(8,9)16-2)24-31(37(12,13)18-4)33(29)40-20-19-38/h21-25,38H,15-20H2,1-14H3. The van der Waals surface area contributed by atoms with Gasteiger partial charge in [-0.15, -0.1) is 0 Å². The molecule has 0 saturated heterocycles. The third-order valence-electron chi connectivity index (χ3n) is 10.3. The van der Waals surface area contributed by atoms with Gasteiger partial charge in [-0.25, -0.2) is 0 Å². The molecule has 3 heteroatoms. The fraction of sp³-hybridized carbons (Fsp3) is 0.676. The molecular weight excluding hydrogens is 492 g/mol. The topological polar surface area (TPSA) is 38.7 Å². The van der Waals surface area contributed by atoms with Crippen LogP contribution in [0.3, 0.4) is 0 Å². The molecular formula is C37H60O3. The van der Waals surface area contributed by atoms with E-state index in [2.05, 4.69) is 114 Å². The molecule has 0 aliphatic carbocycles. The van der Waals surface area contributed by atoms with Crippen molar-refractivity contribution in [1.82, 2.24) is 0 Å². The molecule has 0 radical (unpaired) electrons. The van der Waals surface area contributed by atoms with Gasteiger partial charge in [0.05, 0.1) is 13.7 Å². The van der Waals surface area contributed by atoms with Crippen molar-refractivity contribution in [3.05, 3.63) is 57.6 Å². The van der Waals surface area contributed by atoms with Crippen LogP contribution in [0.1, 0.15) is 155 Å². The maximum absolute atomic E-state index is 9.79. The molecule has 1 atom stereocenters. The van der Waals surface area contributed by atoms with Crippen LogP contribution in [-0.4, -0.2) is 25.4 Å². The van der Waals surface area contributed by atoms with Gasteiger partial charge in [0.2, 0.25) is 0 Å². The lowest BCUT2D eigenvalue weighted by molar-refractivity contribution is 0.197. The second-order valence-corrected chi connectivity index (χ2v) is 14.3. The zero-order chi connectivity index (χ0) is 30.7. The predicted molar refractivity (Wildman–Crippen MR) is 173 cm³/mol. The summed E-state index contributed by atoms with van der Waals surface area (Å²) < 4.78 is 12.8. The number of hydrogen-bond acceptors (Lipinski definition) is 3. The predicted octanol–water partition coefficient (Wildman–Crippen LogP) is 9.97. The van der Waals surface area contributed by atoms with Gasteiger partial charge in [0.1, 0.15) is 18.1 Å². The second-order valence-electron chi connectivity index (χ2n) is 14.3. The first-order valence-electron chi connectivity index (χ1n) is 15.6. The van der Waals surface area contributed by atoms with E-state index < -0.39 is 0 Å². The van der Waals surface area contributed by atoms with Crippen LogP contribution in [0.15, 0.2) is 24.3 Å². The van der Waals surface area contributed by atoms with E-state index in [1.165, 1.54) is 33.4 Å². The molecule has 2 rings (SSSR count). The molecule has 2 aromatic rings. The van der Waals surface area contributed by atoms with E-state index >= 15 is 0 Å². The van der Waals surface area contributed by atoms with Crippen LogP contribution in [0.4, 0.5) is 0 Å². The van der Waals surface area contributed by atoms with E-state index in [1.807, 2.05) is 7.11 Å². The Labute approximate surface area is 247 Å². The summed E-state index contributed by atoms with van der Waals surface area (Å²) in [6.45, 7) is 30.2. The lowest BCUT2D eigenvalue weighted by atomic mass is 9.71. The minimum absolute atomic E-state index is 0.0135. The van der Waals surface area contributed by atoms with Crippen molar-refractivity contribution >= 4 is 0 Å². The number of benzene rings is 2. The highest BCUT2D eigenvalue weighted by atomic mass is 16.5. The quantitative estimate of drug-likeness (QED) is 0.253. The second kappa shape index (κ2) is 12.9. The largest absolute Gasteiger partial charge is 0.496 e. The Bertz CT molecular complexity index is 1140. The van der Waals surface area contributed by atoms with Gasteiger partial charge >= 0.3 is 0 Å². The first kappa shape index (κ1) is 34.2. The Morgan fingerprint density at radius 2 is 1.00 bits per heavy atom. The van der Waals surface area contributed by atoms with E-state index in [0.717, 1.165) is 37.2 Å². The minimum atomic E-state index is -0.0788. The van der Waals surface area contributed by atoms with E-state index in [0.29, 0.717) is 0 Å². The van der Waals surface area contributed by atoms with Crippen molar-refractivity contribution in [1.29, 1.82) is 0 Å². The molecule has 0 aliphatic rings. The van der Waals surface area contributed by atoms with Gasteiger partial charge in [-0.1, -0.05) is 114 Å². The van der Waals surface area contributed by atoms with Gasteiger partial charge in [-0.3, -0.25) is 0 Å². The van der Waals surface area contributed by atoms with Gasteiger partial charge in [0.25, 0.3) is 0 Å². The molecule has 3 nitrogen and oxygen atoms in total. The lowest BCUT2D eigenvalue weighted by Crippen LogP contribution is -2.24. The molecule has 40 heavy (non-hydrogen) atoms. The van der Waals surface area contributed by atoms with Crippen molar-refractivity contribution in [3.63, 3.8) is 0 Å². The number of hydrogen-bond donors (Lipinski definition) is 1. The van der Waals surface area contributed by atoms with Crippen LogP contribution < -0.4 is 9.47 Å². The summed E-state index contributed by atoms with van der Waals surface area (Å²) in [5, 5.41) is 9.79. The van der Waals surface area contributed by atoms with E-state index in [-0.39, 0.29) is 40.8 Å².